The first kappa shape index (κ1) is 15.8. The Hall–Kier alpha value is -0.991. The molecular weight excluding hydrogens is 428 g/mol. The monoisotopic (exact) mass is 462 g/mol. The first-order valence-electron chi connectivity index (χ1n) is 13.1. The van der Waals surface area contributed by atoms with Gasteiger partial charge < -0.3 is 0 Å². The number of benzene rings is 1. The Morgan fingerprint density at radius 2 is 1.29 bits per heavy atom. The molecule has 10 fully saturated rings. The number of ether oxygens (including phenoxy) is 2. The van der Waals surface area contributed by atoms with Gasteiger partial charge in [0.25, 0.3) is 0 Å². The predicted molar refractivity (Wildman–Crippen MR) is 117 cm³/mol. The molecule has 0 aromatic heterocycles. The second-order valence-electron chi connectivity index (χ2n) is 14.9. The molecule has 1 aromatic carbocycles. The summed E-state index contributed by atoms with van der Waals surface area (Å²) in [6.07, 6.45) is 10.5. The van der Waals surface area contributed by atoms with E-state index in [1.807, 2.05) is 24.3 Å². The molecule has 1 spiro atoms. The van der Waals surface area contributed by atoms with E-state index < -0.39 is 6.51 Å². The first-order valence-corrected chi connectivity index (χ1v) is 19.4. The second kappa shape index (κ2) is 2.23. The van der Waals surface area contributed by atoms with Crippen LogP contribution >= 0.6 is 0 Å². The van der Waals surface area contributed by atoms with Crippen molar-refractivity contribution in [2.75, 3.05) is 6.61 Å². The Balaban J connectivity index is 0.742. The van der Waals surface area contributed by atoms with Gasteiger partial charge in [-0.2, -0.15) is 0 Å². The third kappa shape index (κ3) is 0.358. The fourth-order valence-corrected chi connectivity index (χ4v) is 92.5. The third-order valence-corrected chi connectivity index (χ3v) is 60.6. The summed E-state index contributed by atoms with van der Waals surface area (Å²) >= 11 is 0. The van der Waals surface area contributed by atoms with Crippen LogP contribution in [-0.4, -0.2) is 12.6 Å². The van der Waals surface area contributed by atoms with Crippen LogP contribution in [0.25, 0.3) is 0 Å². The van der Waals surface area contributed by atoms with E-state index in [-0.39, 0.29) is 10.3 Å². The van der Waals surface area contributed by atoms with Gasteiger partial charge in [-0.15, -0.1) is 0 Å². The SMILES string of the molecule is CCCCCCCCCCOc1ccc(OC(=O)[C]23[CH]4[CH]5[CH]6[CH]2[Fe]56432789[CH]3[CH]2[CH]7[CH]8[CH]39)cc1. The van der Waals surface area contributed by atoms with Crippen molar-refractivity contribution in [2.24, 2.45) is 0 Å². The molecule has 10 saturated heterocycles. The Labute approximate surface area is 174 Å². The number of unbranched alkanes of at least 4 members (excludes halogenated alkanes) is 7. The van der Waals surface area contributed by atoms with E-state index in [4.69, 9.17) is 9.47 Å². The number of hydrogen-bond donors (Lipinski definition) is 0. The van der Waals surface area contributed by atoms with Gasteiger partial charge >= 0.3 is 136 Å². The van der Waals surface area contributed by atoms with Gasteiger partial charge in [-0.1, -0.05) is 39.0 Å². The zero-order valence-corrected chi connectivity index (χ0v) is 19.6. The number of rotatable bonds is 12. The van der Waals surface area contributed by atoms with E-state index in [1.54, 1.807) is 0 Å². The summed E-state index contributed by atoms with van der Waals surface area (Å²) in [6, 6.07) is 7.91. The Morgan fingerprint density at radius 1 is 0.774 bits per heavy atom. The minimum atomic E-state index is -3.38. The summed E-state index contributed by atoms with van der Waals surface area (Å²) in [6.45, 7) is -0.324. The van der Waals surface area contributed by atoms with E-state index >= 15 is 0 Å². The van der Waals surface area contributed by atoms with Crippen LogP contribution in [0.5, 0.6) is 11.5 Å². The molecule has 10 aliphatic heterocycles. The summed E-state index contributed by atoms with van der Waals surface area (Å²) in [5.74, 6) is 1.91. The van der Waals surface area contributed by atoms with Gasteiger partial charge in [0.15, 0.2) is 0 Å². The quantitative estimate of drug-likeness (QED) is 0.137. The van der Waals surface area contributed by atoms with Crippen LogP contribution in [0.1, 0.15) is 58.3 Å². The van der Waals surface area contributed by atoms with E-state index in [9.17, 15) is 4.79 Å². The third-order valence-electron chi connectivity index (χ3n) is 18.3. The summed E-state index contributed by atoms with van der Waals surface area (Å²) in [5.41, 5.74) is 0. The molecule has 0 amide bonds. The topological polar surface area (TPSA) is 35.5 Å². The molecule has 11 rings (SSSR count). The summed E-state index contributed by atoms with van der Waals surface area (Å²) in [5, 5.41) is 0. The number of carbonyl (C=O) groups is 1. The van der Waals surface area contributed by atoms with Crippen LogP contribution in [0.15, 0.2) is 24.3 Å². The van der Waals surface area contributed by atoms with Crippen molar-refractivity contribution in [1.29, 1.82) is 0 Å². The summed E-state index contributed by atoms with van der Waals surface area (Å²) < 4.78 is 12.3. The van der Waals surface area contributed by atoms with E-state index in [0.29, 0.717) is 0 Å². The predicted octanol–water partition coefficient (Wildman–Crippen LogP) is 7.87. The fraction of sp³-hybridized carbons (Fsp3) is 0.741. The van der Waals surface area contributed by atoms with Crippen LogP contribution in [-0.2, 0) is 11.3 Å². The molecule has 0 bridgehead atoms. The van der Waals surface area contributed by atoms with Gasteiger partial charge in [0.1, 0.15) is 0 Å². The van der Waals surface area contributed by atoms with Crippen LogP contribution in [0.3, 0.4) is 0 Å². The summed E-state index contributed by atoms with van der Waals surface area (Å²) in [7, 11) is 0. The maximum absolute atomic E-state index is 13.6. The number of esters is 1. The molecule has 0 saturated carbocycles. The molecule has 4 atom stereocenters. The van der Waals surface area contributed by atoms with Gasteiger partial charge in [-0.25, -0.2) is 0 Å². The normalized spacial score (nSPS) is 70.3. The molecule has 0 aliphatic carbocycles. The van der Waals surface area contributed by atoms with Crippen molar-refractivity contribution in [3.8, 4) is 11.5 Å². The van der Waals surface area contributed by atoms with E-state index in [0.717, 1.165) is 34.2 Å². The molecule has 1 aromatic rings. The van der Waals surface area contributed by atoms with Gasteiger partial charge in [0.05, 0.1) is 0 Å². The van der Waals surface area contributed by atoms with Gasteiger partial charge in [-0.3, -0.25) is 0 Å². The average molecular weight is 462 g/mol. The Kier molecular flexibility index (Phi) is 1.14. The van der Waals surface area contributed by atoms with Crippen LogP contribution < -0.4 is 9.47 Å². The molecule has 168 valence electrons. The molecule has 4 unspecified atom stereocenters. The van der Waals surface area contributed by atoms with Gasteiger partial charge in [-0.05, 0) is 0 Å². The molecule has 0 N–H and O–H groups in total. The second-order valence-corrected chi connectivity index (χ2v) is 38.4. The molecule has 3 nitrogen and oxygen atoms in total. The van der Waals surface area contributed by atoms with Crippen molar-refractivity contribution in [1.82, 2.24) is 0 Å². The molecular formula is C27H34FeO3. The van der Waals surface area contributed by atoms with Crippen LogP contribution in [0, 0.1) is 0 Å². The van der Waals surface area contributed by atoms with E-state index in [1.165, 1.54) is 78.7 Å². The van der Waals surface area contributed by atoms with Crippen molar-refractivity contribution >= 4 is 5.97 Å². The zero-order chi connectivity index (χ0) is 20.4. The van der Waals surface area contributed by atoms with Crippen molar-refractivity contribution < 1.29 is 20.8 Å². The van der Waals surface area contributed by atoms with Crippen molar-refractivity contribution in [3.63, 3.8) is 0 Å². The fourth-order valence-electron chi connectivity index (χ4n) is 19.0. The molecule has 31 heavy (non-hydrogen) atoms. The molecule has 4 heteroatoms. The average Bonchev–Trinajstić information content (AvgIpc) is 3.72. The van der Waals surface area contributed by atoms with Gasteiger partial charge in [0.2, 0.25) is 0 Å². The Morgan fingerprint density at radius 3 is 1.77 bits per heavy atom. The Bertz CT molecular complexity index is 1350. The molecule has 10 heterocycles. The van der Waals surface area contributed by atoms with Crippen LogP contribution in [0.4, 0.5) is 0 Å². The van der Waals surface area contributed by atoms with E-state index in [2.05, 4.69) is 6.92 Å². The van der Waals surface area contributed by atoms with Crippen molar-refractivity contribution in [3.05, 3.63) is 24.3 Å². The standard InChI is InChI=1S/C22H29O3.C5H5.Fe/c1-2-3-4-5-6-7-8-11-18-24-20-14-16-21(17-15-20)25-22(23)19-12-9-10-13-19;1-2-4-5-3-1;/h9-10,12-17H,2-8,11,18H2,1H3;1-5H;. The summed E-state index contributed by atoms with van der Waals surface area (Å²) in [4.78, 5) is 23.8. The number of fused-ring (bicyclic) bond motifs is 10. The molecule has 10 aliphatic rings. The first-order chi connectivity index (χ1) is 15.0. The minimum absolute atomic E-state index is 0.199. The molecule has 0 radical (unpaired) electrons. The number of hydrogen-bond acceptors (Lipinski definition) is 3. The van der Waals surface area contributed by atoms with Crippen LogP contribution in [0.2, 0.25) is 47.7 Å². The van der Waals surface area contributed by atoms with Gasteiger partial charge in [0, 0.05) is 0 Å². The number of carbonyl (C=O) groups excluding carboxylic acids is 1. The maximum atomic E-state index is 13.6. The van der Waals surface area contributed by atoms with Crippen molar-refractivity contribution in [2.45, 2.75) is 106 Å². The zero-order valence-electron chi connectivity index (χ0n) is 18.4.